The minimum atomic E-state index is -3.06. The van der Waals surface area contributed by atoms with Crippen LogP contribution in [-0.2, 0) is 5.92 Å². The summed E-state index contributed by atoms with van der Waals surface area (Å²) >= 11 is 0. The van der Waals surface area contributed by atoms with Crippen LogP contribution in [0.5, 0.6) is 0 Å². The van der Waals surface area contributed by atoms with Gasteiger partial charge in [0, 0.05) is 12.5 Å². The summed E-state index contributed by atoms with van der Waals surface area (Å²) in [6.45, 7) is 0.737. The van der Waals surface area contributed by atoms with Crippen molar-refractivity contribution in [3.63, 3.8) is 0 Å². The van der Waals surface area contributed by atoms with Gasteiger partial charge in [-0.15, -0.1) is 0 Å². The van der Waals surface area contributed by atoms with Gasteiger partial charge in [-0.2, -0.15) is 5.26 Å². The molecule has 0 bridgehead atoms. The zero-order chi connectivity index (χ0) is 16.5. The molecule has 1 N–H and O–H groups in total. The van der Waals surface area contributed by atoms with E-state index in [2.05, 4.69) is 0 Å². The molecule has 6 heteroatoms. The summed E-state index contributed by atoms with van der Waals surface area (Å²) in [5, 5.41) is 17.8. The molecule has 0 saturated carbocycles. The van der Waals surface area contributed by atoms with Gasteiger partial charge in [0.1, 0.15) is 17.4 Å². The molecule has 0 aromatic heterocycles. The van der Waals surface area contributed by atoms with Gasteiger partial charge in [-0.3, -0.25) is 0 Å². The minimum Gasteiger partial charge on any atom is -0.478 e. The minimum absolute atomic E-state index is 0.158. The van der Waals surface area contributed by atoms with Gasteiger partial charge in [-0.1, -0.05) is 18.2 Å². The van der Waals surface area contributed by atoms with Gasteiger partial charge in [-0.25, -0.2) is 18.0 Å². The Morgan fingerprint density at radius 3 is 2.45 bits per heavy atom. The molecule has 0 aliphatic heterocycles. The van der Waals surface area contributed by atoms with Crippen molar-refractivity contribution in [1.82, 2.24) is 0 Å². The second-order valence-electron chi connectivity index (χ2n) is 4.77. The molecule has 112 valence electrons. The second kappa shape index (κ2) is 5.53. The average molecular weight is 305 g/mol. The molecule has 2 aromatic carbocycles. The molecule has 0 radical (unpaired) electrons. The van der Waals surface area contributed by atoms with Gasteiger partial charge in [0.05, 0.1) is 5.56 Å². The molecule has 0 unspecified atom stereocenters. The highest BCUT2D eigenvalue weighted by Gasteiger charge is 2.25. The molecule has 0 amide bonds. The van der Waals surface area contributed by atoms with Gasteiger partial charge >= 0.3 is 5.97 Å². The summed E-state index contributed by atoms with van der Waals surface area (Å²) in [5.41, 5.74) is -0.929. The lowest BCUT2D eigenvalue weighted by atomic mass is 9.97. The molecule has 2 aromatic rings. The maximum absolute atomic E-state index is 13.9. The molecular formula is C16H10F3NO2. The highest BCUT2D eigenvalue weighted by molar-refractivity contribution is 5.92. The van der Waals surface area contributed by atoms with Crippen molar-refractivity contribution >= 4 is 5.97 Å². The largest absolute Gasteiger partial charge is 0.478 e. The van der Waals surface area contributed by atoms with Crippen LogP contribution in [0, 0.1) is 17.1 Å². The molecule has 0 heterocycles. The number of nitrogens with zero attached hydrogens (tertiary/aromatic N) is 1. The summed E-state index contributed by atoms with van der Waals surface area (Å²) < 4.78 is 40.6. The predicted octanol–water partition coefficient (Wildman–Crippen LogP) is 4.17. The van der Waals surface area contributed by atoms with E-state index < -0.39 is 23.3 Å². The number of carboxylic acids is 1. The number of hydrogen-bond donors (Lipinski definition) is 1. The van der Waals surface area contributed by atoms with Crippen LogP contribution in [0.15, 0.2) is 36.4 Å². The molecule has 2 rings (SSSR count). The third kappa shape index (κ3) is 2.93. The van der Waals surface area contributed by atoms with Crippen LogP contribution < -0.4 is 0 Å². The van der Waals surface area contributed by atoms with Crippen LogP contribution >= 0.6 is 0 Å². The zero-order valence-electron chi connectivity index (χ0n) is 11.4. The van der Waals surface area contributed by atoms with E-state index in [0.29, 0.717) is 0 Å². The SMILES string of the molecule is CC(F)(F)c1cccc(-c2cc(F)c(C(=O)O)c(C#N)c2)c1. The highest BCUT2D eigenvalue weighted by Crippen LogP contribution is 2.31. The number of alkyl halides is 2. The van der Waals surface area contributed by atoms with Crippen LogP contribution in [0.2, 0.25) is 0 Å². The van der Waals surface area contributed by atoms with Gasteiger partial charge in [-0.05, 0) is 29.3 Å². The van der Waals surface area contributed by atoms with E-state index in [4.69, 9.17) is 10.4 Å². The number of aromatic carboxylic acids is 1. The third-order valence-corrected chi connectivity index (χ3v) is 3.13. The third-order valence-electron chi connectivity index (χ3n) is 3.13. The highest BCUT2D eigenvalue weighted by atomic mass is 19.3. The Hall–Kier alpha value is -2.81. The van der Waals surface area contributed by atoms with E-state index in [1.807, 2.05) is 0 Å². The van der Waals surface area contributed by atoms with Crippen LogP contribution in [0.1, 0.15) is 28.4 Å². The van der Waals surface area contributed by atoms with Crippen molar-refractivity contribution in [1.29, 1.82) is 5.26 Å². The summed E-state index contributed by atoms with van der Waals surface area (Å²) in [5.74, 6) is -5.71. The normalized spacial score (nSPS) is 11.0. The molecule has 0 atom stereocenters. The van der Waals surface area contributed by atoms with Gasteiger partial charge in [0.25, 0.3) is 5.92 Å². The Labute approximate surface area is 124 Å². The van der Waals surface area contributed by atoms with Gasteiger partial charge < -0.3 is 5.11 Å². The van der Waals surface area contributed by atoms with Crippen LogP contribution in [-0.4, -0.2) is 11.1 Å². The Morgan fingerprint density at radius 1 is 1.23 bits per heavy atom. The molecule has 0 spiro atoms. The van der Waals surface area contributed by atoms with Crippen molar-refractivity contribution < 1.29 is 23.1 Å². The first-order chi connectivity index (χ1) is 10.2. The fourth-order valence-corrected chi connectivity index (χ4v) is 2.05. The smallest absolute Gasteiger partial charge is 0.340 e. The molecule has 22 heavy (non-hydrogen) atoms. The van der Waals surface area contributed by atoms with E-state index >= 15 is 0 Å². The van der Waals surface area contributed by atoms with Crippen molar-refractivity contribution in [3.05, 3.63) is 58.9 Å². The molecule has 0 aliphatic carbocycles. The maximum Gasteiger partial charge on any atom is 0.340 e. The van der Waals surface area contributed by atoms with E-state index in [0.717, 1.165) is 13.0 Å². The Balaban J connectivity index is 2.62. The number of carbonyl (C=O) groups is 1. The maximum atomic E-state index is 13.9. The van der Waals surface area contributed by atoms with Gasteiger partial charge in [0.2, 0.25) is 0 Å². The zero-order valence-corrected chi connectivity index (χ0v) is 11.4. The first-order valence-electron chi connectivity index (χ1n) is 6.19. The lowest BCUT2D eigenvalue weighted by Crippen LogP contribution is -2.07. The number of benzene rings is 2. The lowest BCUT2D eigenvalue weighted by Gasteiger charge is -2.12. The molecule has 3 nitrogen and oxygen atoms in total. The predicted molar refractivity (Wildman–Crippen MR) is 73.1 cm³/mol. The summed E-state index contributed by atoms with van der Waals surface area (Å²) in [6, 6.07) is 8.96. The number of nitriles is 1. The van der Waals surface area contributed by atoms with E-state index in [-0.39, 0.29) is 22.3 Å². The van der Waals surface area contributed by atoms with Gasteiger partial charge in [0.15, 0.2) is 0 Å². The topological polar surface area (TPSA) is 61.1 Å². The lowest BCUT2D eigenvalue weighted by molar-refractivity contribution is 0.0175. The fourth-order valence-electron chi connectivity index (χ4n) is 2.05. The number of carboxylic acid groups (broad SMARTS) is 1. The standard InChI is InChI=1S/C16H10F3NO2/c1-16(18,19)12-4-2-3-9(6-12)10-5-11(8-20)14(15(21)22)13(17)7-10/h2-7H,1H3,(H,21,22). The summed E-state index contributed by atoms with van der Waals surface area (Å²) in [6.07, 6.45) is 0. The van der Waals surface area contributed by atoms with E-state index in [9.17, 15) is 18.0 Å². The Bertz CT molecular complexity index is 789. The Morgan fingerprint density at radius 2 is 1.91 bits per heavy atom. The monoisotopic (exact) mass is 305 g/mol. The van der Waals surface area contributed by atoms with Crippen molar-refractivity contribution in [2.75, 3.05) is 0 Å². The summed E-state index contributed by atoms with van der Waals surface area (Å²) in [4.78, 5) is 10.9. The van der Waals surface area contributed by atoms with Crippen molar-refractivity contribution in [2.45, 2.75) is 12.8 Å². The quantitative estimate of drug-likeness (QED) is 0.925. The van der Waals surface area contributed by atoms with Crippen LogP contribution in [0.25, 0.3) is 11.1 Å². The number of rotatable bonds is 3. The van der Waals surface area contributed by atoms with Crippen LogP contribution in [0.4, 0.5) is 13.2 Å². The van der Waals surface area contributed by atoms with Crippen molar-refractivity contribution in [3.8, 4) is 17.2 Å². The van der Waals surface area contributed by atoms with Crippen LogP contribution in [0.3, 0.4) is 0 Å². The Kier molecular flexibility index (Phi) is 3.91. The van der Waals surface area contributed by atoms with E-state index in [1.165, 1.54) is 30.3 Å². The fraction of sp³-hybridized carbons (Fsp3) is 0.125. The molecule has 0 fully saturated rings. The summed E-state index contributed by atoms with van der Waals surface area (Å²) in [7, 11) is 0. The first kappa shape index (κ1) is 15.6. The molecule has 0 saturated heterocycles. The second-order valence-corrected chi connectivity index (χ2v) is 4.77. The van der Waals surface area contributed by atoms with E-state index in [1.54, 1.807) is 6.07 Å². The molecular weight excluding hydrogens is 295 g/mol. The average Bonchev–Trinajstić information content (AvgIpc) is 2.45. The molecule has 0 aliphatic rings. The first-order valence-corrected chi connectivity index (χ1v) is 6.19. The number of halogens is 3. The number of hydrogen-bond acceptors (Lipinski definition) is 2. The van der Waals surface area contributed by atoms with Crippen molar-refractivity contribution in [2.24, 2.45) is 0 Å².